The Bertz CT molecular complexity index is 375. The Morgan fingerprint density at radius 1 is 1.06 bits per heavy atom. The van der Waals surface area contributed by atoms with Crippen molar-refractivity contribution in [3.63, 3.8) is 0 Å². The number of aliphatic hydroxyl groups is 1. The minimum atomic E-state index is -0.611. The van der Waals surface area contributed by atoms with E-state index in [0.29, 0.717) is 12.1 Å². The number of rotatable bonds is 3. The predicted molar refractivity (Wildman–Crippen MR) is 65.0 cm³/mol. The summed E-state index contributed by atoms with van der Waals surface area (Å²) in [4.78, 5) is 2.23. The van der Waals surface area contributed by atoms with Gasteiger partial charge in [-0.15, -0.1) is 0 Å². The highest BCUT2D eigenvalue weighted by Crippen LogP contribution is 2.28. The number of aliphatic hydroxyl groups excluding tert-OH is 1. The van der Waals surface area contributed by atoms with E-state index in [0.717, 1.165) is 13.1 Å². The molecule has 1 aliphatic heterocycles. The van der Waals surface area contributed by atoms with Crippen LogP contribution < -0.4 is 0 Å². The Hall–Kier alpha value is -1.26. The van der Waals surface area contributed by atoms with E-state index in [9.17, 15) is 15.3 Å². The molecule has 1 aliphatic rings. The van der Waals surface area contributed by atoms with Crippen LogP contribution in [0.1, 0.15) is 30.9 Å². The molecule has 3 N–H and O–H groups in total. The highest BCUT2D eigenvalue weighted by atomic mass is 16.3. The molecule has 1 heterocycles. The predicted octanol–water partition coefficient (Wildman–Crippen LogP) is 1.62. The summed E-state index contributed by atoms with van der Waals surface area (Å²) in [5.74, 6) is -0.334. The summed E-state index contributed by atoms with van der Waals surface area (Å²) in [5, 5.41) is 28.6. The highest BCUT2D eigenvalue weighted by molar-refractivity contribution is 5.41. The molecule has 0 spiro atoms. The van der Waals surface area contributed by atoms with Crippen molar-refractivity contribution in [3.05, 3.63) is 23.8 Å². The maximum Gasteiger partial charge on any atom is 0.157 e. The summed E-state index contributed by atoms with van der Waals surface area (Å²) in [5.41, 5.74) is 0.644. The van der Waals surface area contributed by atoms with Crippen LogP contribution in [0.3, 0.4) is 0 Å². The highest BCUT2D eigenvalue weighted by Gasteiger charge is 2.16. The zero-order chi connectivity index (χ0) is 12.3. The molecular formula is C13H19NO3. The average Bonchev–Trinajstić information content (AvgIpc) is 2.34. The summed E-state index contributed by atoms with van der Waals surface area (Å²) in [7, 11) is 0. The van der Waals surface area contributed by atoms with E-state index in [1.165, 1.54) is 31.4 Å². The number of nitrogens with zero attached hydrogens (tertiary/aromatic N) is 1. The standard InChI is InChI=1S/C13H19NO3/c15-11-5-4-10(8-12(11)16)13(17)9-14-6-2-1-3-7-14/h4-5,8,13,15-17H,1-3,6-7,9H2. The number of hydrogen-bond acceptors (Lipinski definition) is 4. The van der Waals surface area contributed by atoms with Crippen LogP contribution in [0.2, 0.25) is 0 Å². The van der Waals surface area contributed by atoms with Crippen LogP contribution in [-0.4, -0.2) is 39.9 Å². The average molecular weight is 237 g/mol. The van der Waals surface area contributed by atoms with Crippen molar-refractivity contribution in [1.82, 2.24) is 4.90 Å². The molecule has 1 aromatic carbocycles. The Balaban J connectivity index is 1.98. The van der Waals surface area contributed by atoms with Crippen molar-refractivity contribution < 1.29 is 15.3 Å². The molecule has 0 saturated carbocycles. The van der Waals surface area contributed by atoms with E-state index >= 15 is 0 Å². The van der Waals surface area contributed by atoms with Gasteiger partial charge < -0.3 is 20.2 Å². The molecule has 0 bridgehead atoms. The molecule has 17 heavy (non-hydrogen) atoms. The summed E-state index contributed by atoms with van der Waals surface area (Å²) in [6.45, 7) is 2.65. The summed E-state index contributed by atoms with van der Waals surface area (Å²) in [6.07, 6.45) is 3.04. The SMILES string of the molecule is Oc1ccc(C(O)CN2CCCCC2)cc1O. The first-order valence-electron chi connectivity index (χ1n) is 6.09. The molecule has 1 aromatic rings. The number of hydrogen-bond donors (Lipinski definition) is 3. The van der Waals surface area contributed by atoms with Crippen LogP contribution in [0, 0.1) is 0 Å². The number of phenols is 2. The van der Waals surface area contributed by atoms with Crippen LogP contribution in [0.4, 0.5) is 0 Å². The molecule has 2 rings (SSSR count). The van der Waals surface area contributed by atoms with Crippen LogP contribution >= 0.6 is 0 Å². The van der Waals surface area contributed by atoms with Crippen molar-refractivity contribution in [1.29, 1.82) is 0 Å². The quantitative estimate of drug-likeness (QED) is 0.699. The zero-order valence-corrected chi connectivity index (χ0v) is 9.84. The Morgan fingerprint density at radius 3 is 2.41 bits per heavy atom. The van der Waals surface area contributed by atoms with Crippen LogP contribution in [0.5, 0.6) is 11.5 Å². The zero-order valence-electron chi connectivity index (χ0n) is 9.84. The van der Waals surface area contributed by atoms with E-state index in [1.807, 2.05) is 0 Å². The molecule has 0 amide bonds. The summed E-state index contributed by atoms with van der Waals surface area (Å²) in [6, 6.07) is 4.47. The third-order valence-electron chi connectivity index (χ3n) is 3.26. The number of phenolic OH excluding ortho intramolecular Hbond substituents is 2. The number of aromatic hydroxyl groups is 2. The number of β-amino-alcohol motifs (C(OH)–C–C–N with tert-alkyl or cyclic N) is 1. The van der Waals surface area contributed by atoms with Gasteiger partial charge in [-0.1, -0.05) is 12.5 Å². The molecule has 1 fully saturated rings. The van der Waals surface area contributed by atoms with Gasteiger partial charge in [0, 0.05) is 6.54 Å². The van der Waals surface area contributed by atoms with Crippen LogP contribution in [0.15, 0.2) is 18.2 Å². The van der Waals surface area contributed by atoms with E-state index in [-0.39, 0.29) is 11.5 Å². The van der Waals surface area contributed by atoms with Crippen molar-refractivity contribution in [2.45, 2.75) is 25.4 Å². The maximum atomic E-state index is 10.1. The van der Waals surface area contributed by atoms with E-state index in [1.54, 1.807) is 6.07 Å². The van der Waals surface area contributed by atoms with Crippen molar-refractivity contribution in [2.24, 2.45) is 0 Å². The van der Waals surface area contributed by atoms with Gasteiger partial charge in [0.1, 0.15) is 0 Å². The van der Waals surface area contributed by atoms with E-state index in [4.69, 9.17) is 0 Å². The second kappa shape index (κ2) is 5.38. The molecule has 4 nitrogen and oxygen atoms in total. The third-order valence-corrected chi connectivity index (χ3v) is 3.26. The lowest BCUT2D eigenvalue weighted by molar-refractivity contribution is 0.101. The normalized spacial score (nSPS) is 19.1. The van der Waals surface area contributed by atoms with Crippen molar-refractivity contribution in [3.8, 4) is 11.5 Å². The van der Waals surface area contributed by atoms with E-state index < -0.39 is 6.10 Å². The molecule has 4 heteroatoms. The molecule has 0 radical (unpaired) electrons. The van der Waals surface area contributed by atoms with Gasteiger partial charge >= 0.3 is 0 Å². The monoisotopic (exact) mass is 237 g/mol. The number of benzene rings is 1. The van der Waals surface area contributed by atoms with Gasteiger partial charge in [-0.3, -0.25) is 0 Å². The van der Waals surface area contributed by atoms with Crippen molar-refractivity contribution in [2.75, 3.05) is 19.6 Å². The lowest BCUT2D eigenvalue weighted by Gasteiger charge is -2.28. The number of piperidine rings is 1. The van der Waals surface area contributed by atoms with Gasteiger partial charge in [-0.25, -0.2) is 0 Å². The second-order valence-electron chi connectivity index (χ2n) is 4.63. The first-order chi connectivity index (χ1) is 8.16. The van der Waals surface area contributed by atoms with Gasteiger partial charge in [-0.2, -0.15) is 0 Å². The fourth-order valence-corrected chi connectivity index (χ4v) is 2.24. The van der Waals surface area contributed by atoms with Gasteiger partial charge in [0.2, 0.25) is 0 Å². The Kier molecular flexibility index (Phi) is 3.86. The van der Waals surface area contributed by atoms with E-state index in [2.05, 4.69) is 4.90 Å². The fraction of sp³-hybridized carbons (Fsp3) is 0.538. The topological polar surface area (TPSA) is 63.9 Å². The maximum absolute atomic E-state index is 10.1. The lowest BCUT2D eigenvalue weighted by Crippen LogP contribution is -2.33. The van der Waals surface area contributed by atoms with Gasteiger partial charge in [0.15, 0.2) is 11.5 Å². The summed E-state index contributed by atoms with van der Waals surface area (Å²) < 4.78 is 0. The molecule has 1 atom stereocenters. The van der Waals surface area contributed by atoms with Gasteiger partial charge in [-0.05, 0) is 43.6 Å². The molecule has 1 unspecified atom stereocenters. The molecule has 0 aromatic heterocycles. The minimum Gasteiger partial charge on any atom is -0.504 e. The van der Waals surface area contributed by atoms with Crippen LogP contribution in [0.25, 0.3) is 0 Å². The lowest BCUT2D eigenvalue weighted by atomic mass is 10.1. The van der Waals surface area contributed by atoms with Crippen molar-refractivity contribution >= 4 is 0 Å². The largest absolute Gasteiger partial charge is 0.504 e. The van der Waals surface area contributed by atoms with Gasteiger partial charge in [0.05, 0.1) is 6.10 Å². The third kappa shape index (κ3) is 3.11. The molecular weight excluding hydrogens is 218 g/mol. The number of likely N-dealkylation sites (tertiary alicyclic amines) is 1. The molecule has 94 valence electrons. The Labute approximate surface area is 101 Å². The first-order valence-corrected chi connectivity index (χ1v) is 6.09. The second-order valence-corrected chi connectivity index (χ2v) is 4.63. The first kappa shape index (κ1) is 12.2. The smallest absolute Gasteiger partial charge is 0.157 e. The van der Waals surface area contributed by atoms with Gasteiger partial charge in [0.25, 0.3) is 0 Å². The summed E-state index contributed by atoms with van der Waals surface area (Å²) >= 11 is 0. The fourth-order valence-electron chi connectivity index (χ4n) is 2.24. The molecule has 1 saturated heterocycles. The minimum absolute atomic E-state index is 0.154. The Morgan fingerprint density at radius 2 is 1.76 bits per heavy atom. The van der Waals surface area contributed by atoms with Crippen LogP contribution in [-0.2, 0) is 0 Å². The molecule has 0 aliphatic carbocycles.